The van der Waals surface area contributed by atoms with Gasteiger partial charge in [-0.25, -0.2) is 0 Å². The maximum Gasteiger partial charge on any atom is 0.0676 e. The number of aromatic nitrogens is 2. The standard InChI is InChI=1S/C13H23N3O/c1-4-12-9-13(16(2)15-12)8-11(10-17-3)6-5-7-14/h8-9H,4-7,10,14H2,1-3H3/b11-8-. The predicted molar refractivity (Wildman–Crippen MR) is 70.7 cm³/mol. The Kier molecular flexibility index (Phi) is 5.94. The molecule has 0 radical (unpaired) electrons. The number of nitrogens with zero attached hydrogens (tertiary/aromatic N) is 2. The number of rotatable bonds is 7. The van der Waals surface area contributed by atoms with Gasteiger partial charge in [-0.1, -0.05) is 6.92 Å². The maximum atomic E-state index is 5.54. The highest BCUT2D eigenvalue weighted by Gasteiger charge is 2.03. The van der Waals surface area contributed by atoms with E-state index in [4.69, 9.17) is 10.5 Å². The van der Waals surface area contributed by atoms with Crippen molar-refractivity contribution in [1.82, 2.24) is 9.78 Å². The number of hydrogen-bond donors (Lipinski definition) is 1. The predicted octanol–water partition coefficient (Wildman–Crippen LogP) is 1.75. The molecule has 1 aromatic rings. The van der Waals surface area contributed by atoms with Gasteiger partial charge in [-0.3, -0.25) is 4.68 Å². The molecule has 0 saturated heterocycles. The van der Waals surface area contributed by atoms with Crippen molar-refractivity contribution in [2.24, 2.45) is 12.8 Å². The summed E-state index contributed by atoms with van der Waals surface area (Å²) in [6.07, 6.45) is 5.10. The molecule has 0 aliphatic rings. The summed E-state index contributed by atoms with van der Waals surface area (Å²) >= 11 is 0. The number of nitrogens with two attached hydrogens (primary N) is 1. The van der Waals surface area contributed by atoms with Gasteiger partial charge in [0, 0.05) is 14.2 Å². The molecule has 96 valence electrons. The van der Waals surface area contributed by atoms with Crippen LogP contribution in [-0.4, -0.2) is 30.0 Å². The summed E-state index contributed by atoms with van der Waals surface area (Å²) in [5.74, 6) is 0. The smallest absolute Gasteiger partial charge is 0.0676 e. The third kappa shape index (κ3) is 4.32. The van der Waals surface area contributed by atoms with E-state index in [2.05, 4.69) is 24.2 Å². The van der Waals surface area contributed by atoms with E-state index in [1.54, 1.807) is 7.11 Å². The van der Waals surface area contributed by atoms with Gasteiger partial charge < -0.3 is 10.5 Å². The van der Waals surface area contributed by atoms with Crippen molar-refractivity contribution in [2.45, 2.75) is 26.2 Å². The molecule has 0 unspecified atom stereocenters. The van der Waals surface area contributed by atoms with Crippen molar-refractivity contribution in [2.75, 3.05) is 20.3 Å². The van der Waals surface area contributed by atoms with Gasteiger partial charge in [-0.15, -0.1) is 0 Å². The number of hydrogen-bond acceptors (Lipinski definition) is 3. The summed E-state index contributed by atoms with van der Waals surface area (Å²) in [6.45, 7) is 3.49. The first kappa shape index (κ1) is 13.9. The van der Waals surface area contributed by atoms with Gasteiger partial charge in [-0.05, 0) is 43.5 Å². The van der Waals surface area contributed by atoms with E-state index in [1.165, 1.54) is 5.57 Å². The molecule has 2 N–H and O–H groups in total. The summed E-state index contributed by atoms with van der Waals surface area (Å²) < 4.78 is 7.12. The first-order valence-electron chi connectivity index (χ1n) is 6.12. The highest BCUT2D eigenvalue weighted by atomic mass is 16.5. The van der Waals surface area contributed by atoms with Crippen LogP contribution in [0.2, 0.25) is 0 Å². The van der Waals surface area contributed by atoms with Crippen LogP contribution in [0.25, 0.3) is 6.08 Å². The normalized spacial score (nSPS) is 12.1. The zero-order chi connectivity index (χ0) is 12.7. The average molecular weight is 237 g/mol. The van der Waals surface area contributed by atoms with Crippen LogP contribution >= 0.6 is 0 Å². The SMILES string of the molecule is CCc1cc(/C=C(/CCCN)COC)n(C)n1. The van der Waals surface area contributed by atoms with E-state index in [0.29, 0.717) is 13.2 Å². The zero-order valence-corrected chi connectivity index (χ0v) is 11.1. The van der Waals surface area contributed by atoms with Crippen molar-refractivity contribution in [3.05, 3.63) is 23.0 Å². The molecule has 0 atom stereocenters. The molecular weight excluding hydrogens is 214 g/mol. The molecule has 17 heavy (non-hydrogen) atoms. The average Bonchev–Trinajstić information content (AvgIpc) is 2.67. The van der Waals surface area contributed by atoms with E-state index in [1.807, 2.05) is 11.7 Å². The van der Waals surface area contributed by atoms with Crippen LogP contribution in [0.5, 0.6) is 0 Å². The van der Waals surface area contributed by atoms with Crippen molar-refractivity contribution >= 4 is 6.08 Å². The minimum atomic E-state index is 0.659. The van der Waals surface area contributed by atoms with Crippen molar-refractivity contribution in [3.63, 3.8) is 0 Å². The van der Waals surface area contributed by atoms with Gasteiger partial charge in [0.1, 0.15) is 0 Å². The highest BCUT2D eigenvalue weighted by molar-refractivity contribution is 5.50. The topological polar surface area (TPSA) is 53.1 Å². The maximum absolute atomic E-state index is 5.54. The van der Waals surface area contributed by atoms with E-state index < -0.39 is 0 Å². The molecule has 4 nitrogen and oxygen atoms in total. The molecule has 0 amide bonds. The molecule has 1 heterocycles. The summed E-state index contributed by atoms with van der Waals surface area (Å²) in [5, 5.41) is 4.43. The van der Waals surface area contributed by atoms with Gasteiger partial charge >= 0.3 is 0 Å². The highest BCUT2D eigenvalue weighted by Crippen LogP contribution is 2.13. The summed E-state index contributed by atoms with van der Waals surface area (Å²) in [4.78, 5) is 0. The molecule has 4 heteroatoms. The third-order valence-corrected chi connectivity index (χ3v) is 2.71. The summed E-state index contributed by atoms with van der Waals surface area (Å²) in [7, 11) is 3.69. The fraction of sp³-hybridized carbons (Fsp3) is 0.615. The lowest BCUT2D eigenvalue weighted by atomic mass is 10.1. The van der Waals surface area contributed by atoms with Crippen LogP contribution in [0.15, 0.2) is 11.6 Å². The molecular formula is C13H23N3O. The van der Waals surface area contributed by atoms with Crippen LogP contribution in [0.1, 0.15) is 31.2 Å². The van der Waals surface area contributed by atoms with Crippen LogP contribution in [0.3, 0.4) is 0 Å². The van der Waals surface area contributed by atoms with Gasteiger partial charge in [0.25, 0.3) is 0 Å². The number of ether oxygens (including phenoxy) is 1. The Morgan fingerprint density at radius 3 is 2.88 bits per heavy atom. The lowest BCUT2D eigenvalue weighted by Gasteiger charge is -2.05. The summed E-state index contributed by atoms with van der Waals surface area (Å²) in [6, 6.07) is 2.12. The van der Waals surface area contributed by atoms with E-state index in [0.717, 1.165) is 30.7 Å². The monoisotopic (exact) mass is 237 g/mol. The van der Waals surface area contributed by atoms with Gasteiger partial charge in [0.15, 0.2) is 0 Å². The van der Waals surface area contributed by atoms with E-state index in [9.17, 15) is 0 Å². The second-order valence-electron chi connectivity index (χ2n) is 4.17. The first-order valence-corrected chi connectivity index (χ1v) is 6.12. The Morgan fingerprint density at radius 2 is 2.35 bits per heavy atom. The van der Waals surface area contributed by atoms with Gasteiger partial charge in [-0.2, -0.15) is 5.10 Å². The second-order valence-corrected chi connectivity index (χ2v) is 4.17. The molecule has 0 spiro atoms. The minimum absolute atomic E-state index is 0.659. The Labute approximate surface area is 103 Å². The molecule has 1 aromatic heterocycles. The number of methoxy groups -OCH3 is 1. The first-order chi connectivity index (χ1) is 8.21. The molecule has 1 rings (SSSR count). The number of aryl methyl sites for hydroxylation is 2. The van der Waals surface area contributed by atoms with Crippen LogP contribution in [-0.2, 0) is 18.2 Å². The van der Waals surface area contributed by atoms with Crippen molar-refractivity contribution < 1.29 is 4.74 Å². The molecule has 0 bridgehead atoms. The van der Waals surface area contributed by atoms with Gasteiger partial charge in [0.2, 0.25) is 0 Å². The lowest BCUT2D eigenvalue weighted by molar-refractivity contribution is 0.223. The van der Waals surface area contributed by atoms with Crippen LogP contribution in [0, 0.1) is 0 Å². The minimum Gasteiger partial charge on any atom is -0.380 e. The molecule has 0 aliphatic heterocycles. The van der Waals surface area contributed by atoms with E-state index in [-0.39, 0.29) is 0 Å². The lowest BCUT2D eigenvalue weighted by Crippen LogP contribution is -2.02. The van der Waals surface area contributed by atoms with Crippen molar-refractivity contribution in [3.8, 4) is 0 Å². The molecule has 0 saturated carbocycles. The Bertz CT molecular complexity index is 369. The third-order valence-electron chi connectivity index (χ3n) is 2.71. The molecule has 0 aliphatic carbocycles. The van der Waals surface area contributed by atoms with Crippen molar-refractivity contribution in [1.29, 1.82) is 0 Å². The Morgan fingerprint density at radius 1 is 1.59 bits per heavy atom. The summed E-state index contributed by atoms with van der Waals surface area (Å²) in [5.41, 5.74) is 9.05. The second kappa shape index (κ2) is 7.25. The quantitative estimate of drug-likeness (QED) is 0.786. The Hall–Kier alpha value is -1.13. The van der Waals surface area contributed by atoms with E-state index >= 15 is 0 Å². The zero-order valence-electron chi connectivity index (χ0n) is 11.1. The van der Waals surface area contributed by atoms with Crippen LogP contribution < -0.4 is 5.73 Å². The van der Waals surface area contributed by atoms with Gasteiger partial charge in [0.05, 0.1) is 18.0 Å². The fourth-order valence-corrected chi connectivity index (χ4v) is 1.76. The molecule has 0 fully saturated rings. The molecule has 0 aromatic carbocycles. The largest absolute Gasteiger partial charge is 0.380 e. The fourth-order valence-electron chi connectivity index (χ4n) is 1.76. The van der Waals surface area contributed by atoms with Crippen LogP contribution in [0.4, 0.5) is 0 Å². The Balaban J connectivity index is 2.82.